The molecule has 1 aliphatic carbocycles. The Morgan fingerprint density at radius 1 is 1.14 bits per heavy atom. The van der Waals surface area contributed by atoms with Crippen LogP contribution in [0.3, 0.4) is 0 Å². The van der Waals surface area contributed by atoms with Gasteiger partial charge in [-0.15, -0.1) is 0 Å². The van der Waals surface area contributed by atoms with Gasteiger partial charge < -0.3 is 14.2 Å². The Balaban J connectivity index is 1.50. The lowest BCUT2D eigenvalue weighted by molar-refractivity contribution is 0.0118. The number of aromatic nitrogens is 3. The van der Waals surface area contributed by atoms with E-state index >= 15 is 0 Å². The Morgan fingerprint density at radius 3 is 2.58 bits per heavy atom. The molecule has 1 aliphatic heterocycles. The molecule has 0 saturated carbocycles. The molecule has 188 valence electrons. The van der Waals surface area contributed by atoms with E-state index in [0.717, 1.165) is 35.7 Å². The number of benzene rings is 1. The van der Waals surface area contributed by atoms with Gasteiger partial charge in [-0.05, 0) is 56.5 Å². The van der Waals surface area contributed by atoms with E-state index in [1.165, 1.54) is 11.1 Å². The van der Waals surface area contributed by atoms with E-state index in [0.29, 0.717) is 24.7 Å². The van der Waals surface area contributed by atoms with Gasteiger partial charge in [0.1, 0.15) is 11.4 Å². The van der Waals surface area contributed by atoms with E-state index < -0.39 is 5.60 Å². The lowest BCUT2D eigenvalue weighted by atomic mass is 9.95. The average Bonchev–Trinajstić information content (AvgIpc) is 3.18. The van der Waals surface area contributed by atoms with Gasteiger partial charge in [-0.3, -0.25) is 9.88 Å². The first kappa shape index (κ1) is 24.5. The highest BCUT2D eigenvalue weighted by Crippen LogP contribution is 2.40. The molecule has 0 radical (unpaired) electrons. The third-order valence-electron chi connectivity index (χ3n) is 6.71. The minimum atomic E-state index is -0.508. The Labute approximate surface area is 217 Å². The van der Waals surface area contributed by atoms with Crippen LogP contribution in [0.2, 0.25) is 5.02 Å². The van der Waals surface area contributed by atoms with E-state index in [1.54, 1.807) is 11.1 Å². The topological polar surface area (TPSA) is 63.5 Å². The van der Waals surface area contributed by atoms with Gasteiger partial charge in [0.05, 0.1) is 16.8 Å². The van der Waals surface area contributed by atoms with E-state index in [2.05, 4.69) is 44.8 Å². The van der Waals surface area contributed by atoms with Crippen LogP contribution in [0.4, 0.5) is 4.79 Å². The quantitative estimate of drug-likeness (QED) is 0.474. The van der Waals surface area contributed by atoms with Gasteiger partial charge >= 0.3 is 6.09 Å². The number of allylic oxidation sites excluding steroid dienone is 1. The molecule has 5 rings (SSSR count). The van der Waals surface area contributed by atoms with Gasteiger partial charge in [0.15, 0.2) is 0 Å². The zero-order valence-corrected chi connectivity index (χ0v) is 22.0. The van der Waals surface area contributed by atoms with Crippen LogP contribution in [0.15, 0.2) is 48.9 Å². The molecule has 3 heterocycles. The van der Waals surface area contributed by atoms with Crippen molar-refractivity contribution in [1.82, 2.24) is 24.3 Å². The number of hydrogen-bond donors (Lipinski definition) is 0. The zero-order chi connectivity index (χ0) is 25.4. The lowest BCUT2D eigenvalue weighted by Gasteiger charge is -2.40. The summed E-state index contributed by atoms with van der Waals surface area (Å²) in [5.74, 6) is 0.958. The molecular formula is C28H32ClN5O2. The summed E-state index contributed by atoms with van der Waals surface area (Å²) < 4.78 is 7.74. The van der Waals surface area contributed by atoms with E-state index in [-0.39, 0.29) is 12.1 Å². The van der Waals surface area contributed by atoms with Crippen LogP contribution in [0.5, 0.6) is 0 Å². The van der Waals surface area contributed by atoms with Gasteiger partial charge in [-0.1, -0.05) is 35.9 Å². The fourth-order valence-corrected chi connectivity index (χ4v) is 5.13. The molecule has 0 spiro atoms. The predicted octanol–water partition coefficient (Wildman–Crippen LogP) is 5.44. The van der Waals surface area contributed by atoms with Crippen LogP contribution < -0.4 is 0 Å². The molecule has 1 fully saturated rings. The van der Waals surface area contributed by atoms with Crippen molar-refractivity contribution in [3.05, 3.63) is 82.2 Å². The number of hydrogen-bond acceptors (Lipinski definition) is 5. The Morgan fingerprint density at radius 2 is 1.89 bits per heavy atom. The molecule has 2 aromatic heterocycles. The van der Waals surface area contributed by atoms with Crippen molar-refractivity contribution in [2.75, 3.05) is 26.2 Å². The number of halogens is 1. The number of nitrogens with zero attached hydrogens (tertiary/aromatic N) is 5. The molecule has 0 bridgehead atoms. The van der Waals surface area contributed by atoms with Crippen LogP contribution in [-0.4, -0.2) is 62.2 Å². The zero-order valence-electron chi connectivity index (χ0n) is 21.2. The summed E-state index contributed by atoms with van der Waals surface area (Å²) >= 11 is 6.48. The predicted molar refractivity (Wildman–Crippen MR) is 142 cm³/mol. The molecule has 36 heavy (non-hydrogen) atoms. The molecule has 2 aliphatic rings. The second-order valence-electron chi connectivity index (χ2n) is 10.4. The van der Waals surface area contributed by atoms with Gasteiger partial charge in [-0.2, -0.15) is 0 Å². The van der Waals surface area contributed by atoms with E-state index in [1.807, 2.05) is 46.2 Å². The second kappa shape index (κ2) is 9.71. The first-order valence-electron chi connectivity index (χ1n) is 12.3. The average molecular weight is 506 g/mol. The summed E-state index contributed by atoms with van der Waals surface area (Å²) in [6, 6.07) is 10.5. The summed E-state index contributed by atoms with van der Waals surface area (Å²) in [5, 5.41) is 0.612. The van der Waals surface area contributed by atoms with Crippen LogP contribution in [0.25, 0.3) is 11.6 Å². The molecule has 1 unspecified atom stereocenters. The molecule has 8 heteroatoms. The molecule has 1 amide bonds. The van der Waals surface area contributed by atoms with Crippen molar-refractivity contribution >= 4 is 29.3 Å². The molecule has 1 saturated heterocycles. The Hall–Kier alpha value is -3.16. The number of imidazole rings is 1. The molecule has 7 nitrogen and oxygen atoms in total. The highest BCUT2D eigenvalue weighted by atomic mass is 35.5. The van der Waals surface area contributed by atoms with Crippen molar-refractivity contribution in [2.24, 2.45) is 0 Å². The van der Waals surface area contributed by atoms with Crippen molar-refractivity contribution in [2.45, 2.75) is 45.9 Å². The maximum Gasteiger partial charge on any atom is 0.410 e. The maximum atomic E-state index is 12.7. The fraction of sp³-hybridized carbons (Fsp3) is 0.393. The largest absolute Gasteiger partial charge is 0.444 e. The van der Waals surface area contributed by atoms with Crippen LogP contribution in [0.1, 0.15) is 55.0 Å². The van der Waals surface area contributed by atoms with Crippen LogP contribution >= 0.6 is 11.6 Å². The van der Waals surface area contributed by atoms with Crippen molar-refractivity contribution in [3.63, 3.8) is 0 Å². The number of carbonyl (C=O) groups excluding carboxylic acids is 1. The minimum Gasteiger partial charge on any atom is -0.444 e. The number of rotatable bonds is 3. The molecular weight excluding hydrogens is 474 g/mol. The number of pyridine rings is 1. The highest BCUT2D eigenvalue weighted by Gasteiger charge is 2.34. The van der Waals surface area contributed by atoms with Gasteiger partial charge in [0.25, 0.3) is 0 Å². The maximum absolute atomic E-state index is 12.7. The standard InChI is InChI=1S/C28H32ClN5O2/c1-19-30-9-10-34(19)18-21-15-20-7-5-6-8-23(20)26(25-24(21)16-22(29)17-31-25)32-11-13-33(14-12-32)27(35)36-28(2,3)4/h5-10,15-17,26H,11-14,18H2,1-4H3. The number of piperazine rings is 1. The SMILES string of the molecule is Cc1nccn1CC1=Cc2ccccc2C(N2CCN(C(=O)OC(C)(C)C)CC2)c2ncc(Cl)cc21. The number of ether oxygens (including phenoxy) is 1. The lowest BCUT2D eigenvalue weighted by Crippen LogP contribution is -2.51. The summed E-state index contributed by atoms with van der Waals surface area (Å²) in [5.41, 5.74) is 5.04. The van der Waals surface area contributed by atoms with Crippen molar-refractivity contribution in [3.8, 4) is 0 Å². The fourth-order valence-electron chi connectivity index (χ4n) is 4.97. The third kappa shape index (κ3) is 5.04. The van der Waals surface area contributed by atoms with E-state index in [4.69, 9.17) is 21.3 Å². The highest BCUT2D eigenvalue weighted by molar-refractivity contribution is 6.30. The van der Waals surface area contributed by atoms with Crippen LogP contribution in [-0.2, 0) is 11.3 Å². The Bertz CT molecular complexity index is 1300. The number of aryl methyl sites for hydroxylation is 1. The monoisotopic (exact) mass is 505 g/mol. The Kier molecular flexibility index (Phi) is 6.62. The summed E-state index contributed by atoms with van der Waals surface area (Å²) in [4.78, 5) is 26.2. The van der Waals surface area contributed by atoms with Gasteiger partial charge in [-0.25, -0.2) is 9.78 Å². The van der Waals surface area contributed by atoms with Crippen molar-refractivity contribution in [1.29, 1.82) is 0 Å². The molecule has 1 aromatic carbocycles. The third-order valence-corrected chi connectivity index (χ3v) is 6.91. The summed E-state index contributed by atoms with van der Waals surface area (Å²) in [6.07, 6.45) is 7.55. The van der Waals surface area contributed by atoms with Gasteiger partial charge in [0, 0.05) is 56.9 Å². The smallest absolute Gasteiger partial charge is 0.410 e. The molecule has 0 N–H and O–H groups in total. The number of fused-ring (bicyclic) bond motifs is 2. The number of amides is 1. The summed E-state index contributed by atoms with van der Waals surface area (Å²) in [6.45, 7) is 11.0. The first-order chi connectivity index (χ1) is 17.2. The second-order valence-corrected chi connectivity index (χ2v) is 10.8. The van der Waals surface area contributed by atoms with E-state index in [9.17, 15) is 4.79 Å². The number of carbonyl (C=O) groups is 1. The molecule has 1 atom stereocenters. The van der Waals surface area contributed by atoms with Crippen molar-refractivity contribution < 1.29 is 9.53 Å². The summed E-state index contributed by atoms with van der Waals surface area (Å²) in [7, 11) is 0. The van der Waals surface area contributed by atoms with Gasteiger partial charge in [0.2, 0.25) is 0 Å². The normalized spacial score (nSPS) is 18.2. The molecule has 3 aromatic rings. The first-order valence-corrected chi connectivity index (χ1v) is 12.7. The van der Waals surface area contributed by atoms with Crippen LogP contribution in [0, 0.1) is 6.92 Å². The minimum absolute atomic E-state index is 0.0492.